The van der Waals surface area contributed by atoms with E-state index in [1.807, 2.05) is 17.0 Å². The van der Waals surface area contributed by atoms with Crippen LogP contribution in [0.4, 0.5) is 4.79 Å². The third-order valence-corrected chi connectivity index (χ3v) is 3.89. The van der Waals surface area contributed by atoms with Gasteiger partial charge in [0.1, 0.15) is 0 Å². The predicted molar refractivity (Wildman–Crippen MR) is 78.0 cm³/mol. The molecule has 1 atom stereocenters. The first kappa shape index (κ1) is 14.4. The van der Waals surface area contributed by atoms with E-state index in [1.54, 1.807) is 12.1 Å². The summed E-state index contributed by atoms with van der Waals surface area (Å²) >= 11 is 0. The Morgan fingerprint density at radius 2 is 2.15 bits per heavy atom. The first-order valence-electron chi connectivity index (χ1n) is 7.28. The van der Waals surface area contributed by atoms with Gasteiger partial charge in [0.15, 0.2) is 0 Å². The number of benzene rings is 1. The summed E-state index contributed by atoms with van der Waals surface area (Å²) in [6, 6.07) is 9.81. The van der Waals surface area contributed by atoms with Gasteiger partial charge in [-0.2, -0.15) is 5.26 Å². The average Bonchev–Trinajstić information content (AvgIpc) is 2.53. The number of hydrogen-bond donors (Lipinski definition) is 1. The Morgan fingerprint density at radius 3 is 2.80 bits per heavy atom. The van der Waals surface area contributed by atoms with Gasteiger partial charge in [0.25, 0.3) is 0 Å². The number of rotatable bonds is 3. The first-order chi connectivity index (χ1) is 9.74. The standard InChI is InChI=1S/C16H21N3O/c1-2-15-5-3-4-10-19(15)16(20)18-12-14-8-6-13(11-17)7-9-14/h6-9,15H,2-5,10,12H2,1H3,(H,18,20)/t15-/m1/s1. The van der Waals surface area contributed by atoms with Crippen molar-refractivity contribution in [2.75, 3.05) is 6.54 Å². The minimum Gasteiger partial charge on any atom is -0.334 e. The van der Waals surface area contributed by atoms with E-state index < -0.39 is 0 Å². The fourth-order valence-electron chi connectivity index (χ4n) is 2.67. The van der Waals surface area contributed by atoms with Crippen molar-refractivity contribution in [3.05, 3.63) is 35.4 Å². The van der Waals surface area contributed by atoms with Crippen molar-refractivity contribution in [1.82, 2.24) is 10.2 Å². The van der Waals surface area contributed by atoms with Crippen molar-refractivity contribution >= 4 is 6.03 Å². The van der Waals surface area contributed by atoms with Crippen LogP contribution in [-0.4, -0.2) is 23.5 Å². The lowest BCUT2D eigenvalue weighted by atomic mass is 10.0. The molecule has 1 heterocycles. The average molecular weight is 271 g/mol. The number of nitrogens with zero attached hydrogens (tertiary/aromatic N) is 2. The van der Waals surface area contributed by atoms with E-state index in [9.17, 15) is 4.79 Å². The van der Waals surface area contributed by atoms with Gasteiger partial charge >= 0.3 is 6.03 Å². The Kier molecular flexibility index (Phi) is 5.00. The summed E-state index contributed by atoms with van der Waals surface area (Å²) in [5.74, 6) is 0. The lowest BCUT2D eigenvalue weighted by Crippen LogP contribution is -2.48. The molecule has 0 aromatic heterocycles. The molecule has 1 aromatic carbocycles. The summed E-state index contributed by atoms with van der Waals surface area (Å²) in [6.07, 6.45) is 4.45. The molecule has 2 rings (SSSR count). The molecular weight excluding hydrogens is 250 g/mol. The van der Waals surface area contributed by atoms with Crippen LogP contribution in [-0.2, 0) is 6.54 Å². The predicted octanol–water partition coefficient (Wildman–Crippen LogP) is 3.03. The van der Waals surface area contributed by atoms with Crippen LogP contribution in [0.2, 0.25) is 0 Å². The maximum Gasteiger partial charge on any atom is 0.317 e. The van der Waals surface area contributed by atoms with E-state index >= 15 is 0 Å². The van der Waals surface area contributed by atoms with Gasteiger partial charge in [-0.25, -0.2) is 4.79 Å². The Hall–Kier alpha value is -2.02. The van der Waals surface area contributed by atoms with E-state index in [2.05, 4.69) is 18.3 Å². The largest absolute Gasteiger partial charge is 0.334 e. The summed E-state index contributed by atoms with van der Waals surface area (Å²) in [5.41, 5.74) is 1.66. The monoisotopic (exact) mass is 271 g/mol. The van der Waals surface area contributed by atoms with Crippen molar-refractivity contribution < 1.29 is 4.79 Å². The Labute approximate surface area is 120 Å². The van der Waals surface area contributed by atoms with Gasteiger partial charge in [0.2, 0.25) is 0 Å². The number of likely N-dealkylation sites (tertiary alicyclic amines) is 1. The van der Waals surface area contributed by atoms with E-state index in [0.29, 0.717) is 18.2 Å². The van der Waals surface area contributed by atoms with Crippen LogP contribution in [0.5, 0.6) is 0 Å². The summed E-state index contributed by atoms with van der Waals surface area (Å²) < 4.78 is 0. The summed E-state index contributed by atoms with van der Waals surface area (Å²) in [4.78, 5) is 14.2. The van der Waals surface area contributed by atoms with Crippen molar-refractivity contribution in [2.24, 2.45) is 0 Å². The third-order valence-electron chi connectivity index (χ3n) is 3.89. The van der Waals surface area contributed by atoms with E-state index in [-0.39, 0.29) is 6.03 Å². The molecule has 0 bridgehead atoms. The molecule has 0 aliphatic carbocycles. The number of nitrogens with one attached hydrogen (secondary N) is 1. The number of amides is 2. The highest BCUT2D eigenvalue weighted by atomic mass is 16.2. The molecule has 0 spiro atoms. The molecule has 0 unspecified atom stereocenters. The molecule has 1 fully saturated rings. The van der Waals surface area contributed by atoms with E-state index in [0.717, 1.165) is 31.4 Å². The van der Waals surface area contributed by atoms with Gasteiger partial charge in [0, 0.05) is 19.1 Å². The Morgan fingerprint density at radius 1 is 1.40 bits per heavy atom. The highest BCUT2D eigenvalue weighted by Crippen LogP contribution is 2.19. The van der Waals surface area contributed by atoms with Crippen molar-refractivity contribution in [1.29, 1.82) is 5.26 Å². The first-order valence-corrected chi connectivity index (χ1v) is 7.28. The highest BCUT2D eigenvalue weighted by molar-refractivity contribution is 5.74. The number of urea groups is 1. The van der Waals surface area contributed by atoms with Crippen LogP contribution in [0.15, 0.2) is 24.3 Å². The normalized spacial score (nSPS) is 18.4. The zero-order valence-electron chi connectivity index (χ0n) is 11.9. The molecule has 1 aliphatic rings. The minimum atomic E-state index is 0.0286. The zero-order chi connectivity index (χ0) is 14.4. The van der Waals surface area contributed by atoms with Crippen LogP contribution in [0.3, 0.4) is 0 Å². The quantitative estimate of drug-likeness (QED) is 0.918. The number of nitriles is 1. The van der Waals surface area contributed by atoms with Crippen molar-refractivity contribution in [3.63, 3.8) is 0 Å². The summed E-state index contributed by atoms with van der Waals surface area (Å²) in [6.45, 7) is 3.51. The fraction of sp³-hybridized carbons (Fsp3) is 0.500. The second kappa shape index (κ2) is 6.95. The number of piperidine rings is 1. The fourth-order valence-corrected chi connectivity index (χ4v) is 2.67. The molecule has 4 nitrogen and oxygen atoms in total. The second-order valence-electron chi connectivity index (χ2n) is 5.22. The number of carbonyl (C=O) groups is 1. The SMILES string of the molecule is CC[C@@H]1CCCCN1C(=O)NCc1ccc(C#N)cc1. The Bertz CT molecular complexity index is 489. The lowest BCUT2D eigenvalue weighted by Gasteiger charge is -2.35. The van der Waals surface area contributed by atoms with Crippen molar-refractivity contribution in [3.8, 4) is 6.07 Å². The van der Waals surface area contributed by atoms with Crippen LogP contribution < -0.4 is 5.32 Å². The smallest absolute Gasteiger partial charge is 0.317 e. The van der Waals surface area contributed by atoms with Crippen LogP contribution in [0.1, 0.15) is 43.7 Å². The van der Waals surface area contributed by atoms with E-state index in [1.165, 1.54) is 6.42 Å². The molecule has 1 saturated heterocycles. The van der Waals surface area contributed by atoms with E-state index in [4.69, 9.17) is 5.26 Å². The van der Waals surface area contributed by atoms with Gasteiger partial charge in [-0.05, 0) is 43.4 Å². The highest BCUT2D eigenvalue weighted by Gasteiger charge is 2.24. The van der Waals surface area contributed by atoms with Gasteiger partial charge < -0.3 is 10.2 Å². The molecule has 20 heavy (non-hydrogen) atoms. The molecule has 2 amide bonds. The van der Waals surface area contributed by atoms with Crippen molar-refractivity contribution in [2.45, 2.75) is 45.2 Å². The molecular formula is C16H21N3O. The topological polar surface area (TPSA) is 56.1 Å². The molecule has 0 radical (unpaired) electrons. The summed E-state index contributed by atoms with van der Waals surface area (Å²) in [5, 5.41) is 11.7. The second-order valence-corrected chi connectivity index (χ2v) is 5.22. The molecule has 1 aromatic rings. The molecule has 106 valence electrons. The molecule has 1 N–H and O–H groups in total. The molecule has 4 heteroatoms. The Balaban J connectivity index is 1.89. The maximum absolute atomic E-state index is 12.2. The number of carbonyl (C=O) groups excluding carboxylic acids is 1. The third kappa shape index (κ3) is 3.51. The van der Waals surface area contributed by atoms with Crippen LogP contribution in [0, 0.1) is 11.3 Å². The lowest BCUT2D eigenvalue weighted by molar-refractivity contribution is 0.148. The van der Waals surface area contributed by atoms with Gasteiger partial charge in [-0.3, -0.25) is 0 Å². The molecule has 0 saturated carbocycles. The van der Waals surface area contributed by atoms with Crippen LogP contribution in [0.25, 0.3) is 0 Å². The maximum atomic E-state index is 12.2. The summed E-state index contributed by atoms with van der Waals surface area (Å²) in [7, 11) is 0. The molecule has 1 aliphatic heterocycles. The van der Waals surface area contributed by atoms with Gasteiger partial charge in [0.05, 0.1) is 11.6 Å². The minimum absolute atomic E-state index is 0.0286. The van der Waals surface area contributed by atoms with Crippen LogP contribution >= 0.6 is 0 Å². The van der Waals surface area contributed by atoms with Gasteiger partial charge in [-0.1, -0.05) is 19.1 Å². The van der Waals surface area contributed by atoms with Gasteiger partial charge in [-0.15, -0.1) is 0 Å². The number of hydrogen-bond acceptors (Lipinski definition) is 2. The zero-order valence-corrected chi connectivity index (χ0v) is 11.9.